The second-order valence-corrected chi connectivity index (χ2v) is 5.76. The van der Waals surface area contributed by atoms with Gasteiger partial charge in [0.05, 0.1) is 6.10 Å². The van der Waals surface area contributed by atoms with E-state index < -0.39 is 0 Å². The molecule has 1 aromatic rings. The number of aliphatic hydroxyl groups is 1. The van der Waals surface area contributed by atoms with Gasteiger partial charge in [-0.3, -0.25) is 0 Å². The zero-order valence-electron chi connectivity index (χ0n) is 11.6. The minimum Gasteiger partial charge on any atom is -0.393 e. The molecule has 4 heteroatoms. The van der Waals surface area contributed by atoms with Crippen molar-refractivity contribution in [1.29, 1.82) is 0 Å². The number of hydrogen-bond donors (Lipinski definition) is 3. The van der Waals surface area contributed by atoms with Gasteiger partial charge < -0.3 is 15.7 Å². The van der Waals surface area contributed by atoms with Gasteiger partial charge in [-0.2, -0.15) is 0 Å². The van der Waals surface area contributed by atoms with Gasteiger partial charge in [0, 0.05) is 11.7 Å². The molecule has 1 aliphatic carbocycles. The van der Waals surface area contributed by atoms with Crippen molar-refractivity contribution < 1.29 is 5.11 Å². The summed E-state index contributed by atoms with van der Waals surface area (Å²) < 4.78 is 0. The largest absolute Gasteiger partial charge is 0.393 e. The van der Waals surface area contributed by atoms with E-state index in [9.17, 15) is 5.11 Å². The Morgan fingerprint density at radius 3 is 2.58 bits per heavy atom. The Hall–Kier alpha value is -1.13. The highest BCUT2D eigenvalue weighted by atomic mass is 32.1. The van der Waals surface area contributed by atoms with Gasteiger partial charge in [-0.15, -0.1) is 0 Å². The van der Waals surface area contributed by atoms with E-state index in [1.165, 1.54) is 11.1 Å². The molecule has 0 aliphatic heterocycles. The number of benzene rings is 1. The van der Waals surface area contributed by atoms with Crippen molar-refractivity contribution in [2.75, 3.05) is 5.32 Å². The van der Waals surface area contributed by atoms with E-state index >= 15 is 0 Å². The molecule has 0 amide bonds. The molecule has 0 saturated heterocycles. The zero-order valence-corrected chi connectivity index (χ0v) is 12.4. The van der Waals surface area contributed by atoms with Crippen molar-refractivity contribution in [2.45, 2.75) is 51.7 Å². The molecule has 0 radical (unpaired) electrons. The van der Waals surface area contributed by atoms with Crippen molar-refractivity contribution in [3.8, 4) is 0 Å². The summed E-state index contributed by atoms with van der Waals surface area (Å²) in [4.78, 5) is 0. The second-order valence-electron chi connectivity index (χ2n) is 5.35. The molecule has 0 heterocycles. The highest BCUT2D eigenvalue weighted by Gasteiger charge is 2.19. The summed E-state index contributed by atoms with van der Waals surface area (Å²) in [5.41, 5.74) is 3.55. The van der Waals surface area contributed by atoms with Crippen LogP contribution in [0.3, 0.4) is 0 Å². The van der Waals surface area contributed by atoms with Crippen LogP contribution in [0.5, 0.6) is 0 Å². The average Bonchev–Trinajstić information content (AvgIpc) is 2.38. The lowest BCUT2D eigenvalue weighted by molar-refractivity contribution is 0.120. The minimum atomic E-state index is -0.126. The summed E-state index contributed by atoms with van der Waals surface area (Å²) in [7, 11) is 0. The van der Waals surface area contributed by atoms with E-state index in [0.717, 1.165) is 31.4 Å². The predicted octanol–water partition coefficient (Wildman–Crippen LogP) is 2.89. The topological polar surface area (TPSA) is 44.3 Å². The number of hydrogen-bond acceptors (Lipinski definition) is 2. The molecule has 1 aliphatic rings. The lowest BCUT2D eigenvalue weighted by Crippen LogP contribution is -2.40. The summed E-state index contributed by atoms with van der Waals surface area (Å²) in [6, 6.07) is 6.55. The first-order valence-electron chi connectivity index (χ1n) is 6.88. The van der Waals surface area contributed by atoms with Crippen LogP contribution in [-0.4, -0.2) is 22.4 Å². The fourth-order valence-electron chi connectivity index (χ4n) is 2.45. The van der Waals surface area contributed by atoms with Crippen LogP contribution < -0.4 is 10.6 Å². The van der Waals surface area contributed by atoms with Gasteiger partial charge in [0.15, 0.2) is 5.11 Å². The van der Waals surface area contributed by atoms with Crippen LogP contribution in [0.4, 0.5) is 5.69 Å². The van der Waals surface area contributed by atoms with E-state index in [1.807, 2.05) is 12.1 Å². The van der Waals surface area contributed by atoms with Crippen LogP contribution in [0.15, 0.2) is 18.2 Å². The van der Waals surface area contributed by atoms with E-state index in [1.54, 1.807) is 0 Å². The van der Waals surface area contributed by atoms with E-state index in [4.69, 9.17) is 12.2 Å². The number of aliphatic hydroxyl groups excluding tert-OH is 1. The standard InChI is InChI=1S/C15H22N2OS/c1-10-4-3-5-14(11(10)2)17-15(19)16-12-6-8-13(18)9-7-12/h3-5,12-13,18H,6-9H2,1-2H3,(H2,16,17,19). The van der Waals surface area contributed by atoms with Crippen molar-refractivity contribution in [1.82, 2.24) is 5.32 Å². The number of nitrogens with one attached hydrogen (secondary N) is 2. The molecule has 0 aromatic heterocycles. The molecule has 0 spiro atoms. The van der Waals surface area contributed by atoms with Gasteiger partial charge in [-0.1, -0.05) is 12.1 Å². The zero-order chi connectivity index (χ0) is 13.8. The third-order valence-electron chi connectivity index (χ3n) is 3.88. The third kappa shape index (κ3) is 3.91. The van der Waals surface area contributed by atoms with Crippen LogP contribution in [0.1, 0.15) is 36.8 Å². The van der Waals surface area contributed by atoms with Gasteiger partial charge in [0.2, 0.25) is 0 Å². The SMILES string of the molecule is Cc1cccc(NC(=S)NC2CCC(O)CC2)c1C. The van der Waals surface area contributed by atoms with E-state index in [2.05, 4.69) is 30.5 Å². The van der Waals surface area contributed by atoms with Crippen LogP contribution in [0, 0.1) is 13.8 Å². The maximum absolute atomic E-state index is 9.49. The highest BCUT2D eigenvalue weighted by molar-refractivity contribution is 7.80. The molecule has 1 saturated carbocycles. The Bertz CT molecular complexity index is 453. The summed E-state index contributed by atoms with van der Waals surface area (Å²) in [6.45, 7) is 4.19. The summed E-state index contributed by atoms with van der Waals surface area (Å²) in [5.74, 6) is 0. The molecule has 3 nitrogen and oxygen atoms in total. The maximum atomic E-state index is 9.49. The first-order chi connectivity index (χ1) is 9.06. The van der Waals surface area contributed by atoms with Crippen molar-refractivity contribution >= 4 is 23.0 Å². The molecule has 0 atom stereocenters. The number of aryl methyl sites for hydroxylation is 1. The number of thiocarbonyl (C=S) groups is 1. The molecule has 1 aromatic carbocycles. The fourth-order valence-corrected chi connectivity index (χ4v) is 2.73. The van der Waals surface area contributed by atoms with Gasteiger partial charge in [0.1, 0.15) is 0 Å². The average molecular weight is 278 g/mol. The van der Waals surface area contributed by atoms with Crippen LogP contribution in [0.2, 0.25) is 0 Å². The third-order valence-corrected chi connectivity index (χ3v) is 4.10. The number of rotatable bonds is 2. The molecule has 3 N–H and O–H groups in total. The lowest BCUT2D eigenvalue weighted by atomic mass is 9.93. The molecule has 2 rings (SSSR count). The molecule has 0 unspecified atom stereocenters. The fraction of sp³-hybridized carbons (Fsp3) is 0.533. The normalized spacial score (nSPS) is 22.9. The van der Waals surface area contributed by atoms with Crippen molar-refractivity contribution in [2.24, 2.45) is 0 Å². The quantitative estimate of drug-likeness (QED) is 0.728. The molecule has 1 fully saturated rings. The second kappa shape index (κ2) is 6.35. The van der Waals surface area contributed by atoms with E-state index in [-0.39, 0.29) is 6.10 Å². The monoisotopic (exact) mass is 278 g/mol. The molecule has 0 bridgehead atoms. The number of anilines is 1. The Labute approximate surface area is 120 Å². The predicted molar refractivity (Wildman–Crippen MR) is 83.5 cm³/mol. The van der Waals surface area contributed by atoms with Gasteiger partial charge in [-0.05, 0) is 68.9 Å². The summed E-state index contributed by atoms with van der Waals surface area (Å²) in [6.07, 6.45) is 3.57. The lowest BCUT2D eigenvalue weighted by Gasteiger charge is -2.27. The Morgan fingerprint density at radius 1 is 1.21 bits per heavy atom. The summed E-state index contributed by atoms with van der Waals surface area (Å²) >= 11 is 5.36. The molecular formula is C15H22N2OS. The Kier molecular flexibility index (Phi) is 4.77. The first kappa shape index (κ1) is 14.3. The molecule has 104 valence electrons. The first-order valence-corrected chi connectivity index (χ1v) is 7.29. The van der Waals surface area contributed by atoms with Crippen LogP contribution in [-0.2, 0) is 0 Å². The van der Waals surface area contributed by atoms with Crippen LogP contribution >= 0.6 is 12.2 Å². The highest BCUT2D eigenvalue weighted by Crippen LogP contribution is 2.20. The van der Waals surface area contributed by atoms with Gasteiger partial charge >= 0.3 is 0 Å². The smallest absolute Gasteiger partial charge is 0.171 e. The van der Waals surface area contributed by atoms with Crippen molar-refractivity contribution in [3.63, 3.8) is 0 Å². The Morgan fingerprint density at radius 2 is 1.89 bits per heavy atom. The van der Waals surface area contributed by atoms with E-state index in [0.29, 0.717) is 11.2 Å². The van der Waals surface area contributed by atoms with Gasteiger partial charge in [0.25, 0.3) is 0 Å². The minimum absolute atomic E-state index is 0.126. The molecular weight excluding hydrogens is 256 g/mol. The maximum Gasteiger partial charge on any atom is 0.171 e. The molecule has 19 heavy (non-hydrogen) atoms. The summed E-state index contributed by atoms with van der Waals surface area (Å²) in [5, 5.41) is 16.8. The van der Waals surface area contributed by atoms with Crippen molar-refractivity contribution in [3.05, 3.63) is 29.3 Å². The van der Waals surface area contributed by atoms with Crippen LogP contribution in [0.25, 0.3) is 0 Å². The van der Waals surface area contributed by atoms with Gasteiger partial charge in [-0.25, -0.2) is 0 Å². The Balaban J connectivity index is 1.89.